The Morgan fingerprint density at radius 1 is 1.25 bits per heavy atom. The maximum atomic E-state index is 12.9. The molecule has 1 aromatic heterocycles. The molecule has 2 unspecified atom stereocenters. The number of ether oxygens (including phenoxy) is 3. The lowest BCUT2D eigenvalue weighted by atomic mass is 10.0. The van der Waals surface area contributed by atoms with E-state index in [2.05, 4.69) is 20.9 Å². The van der Waals surface area contributed by atoms with Crippen molar-refractivity contribution < 1.29 is 33.4 Å². The molecule has 2 rings (SSSR count). The molecule has 3 N–H and O–H groups in total. The van der Waals surface area contributed by atoms with Gasteiger partial charge < -0.3 is 34.7 Å². The van der Waals surface area contributed by atoms with Gasteiger partial charge >= 0.3 is 6.09 Å². The number of imidazole rings is 1. The van der Waals surface area contributed by atoms with Gasteiger partial charge in [-0.05, 0) is 5.92 Å². The molecule has 0 radical (unpaired) electrons. The second-order valence-corrected chi connectivity index (χ2v) is 7.53. The monoisotopic (exact) mass is 453 g/mol. The lowest BCUT2D eigenvalue weighted by Gasteiger charge is -2.24. The molecule has 178 valence electrons. The molecule has 0 aromatic carbocycles. The summed E-state index contributed by atoms with van der Waals surface area (Å²) in [5, 5.41) is 7.63. The van der Waals surface area contributed by atoms with Crippen molar-refractivity contribution in [3.63, 3.8) is 0 Å². The number of amides is 3. The number of fused-ring (bicyclic) bond motifs is 1. The summed E-state index contributed by atoms with van der Waals surface area (Å²) >= 11 is 0. The predicted octanol–water partition coefficient (Wildman–Crippen LogP) is -0.977. The van der Waals surface area contributed by atoms with Crippen molar-refractivity contribution in [1.29, 1.82) is 0 Å². The van der Waals surface area contributed by atoms with Gasteiger partial charge in [0.15, 0.2) is 0 Å². The fourth-order valence-corrected chi connectivity index (χ4v) is 3.06. The zero-order valence-electron chi connectivity index (χ0n) is 18.6. The van der Waals surface area contributed by atoms with Gasteiger partial charge in [-0.3, -0.25) is 14.4 Å². The molecule has 12 nitrogen and oxygen atoms in total. The summed E-state index contributed by atoms with van der Waals surface area (Å²) in [6.45, 7) is 5.21. The fourth-order valence-electron chi connectivity index (χ4n) is 3.06. The number of hydrogen-bond acceptors (Lipinski definition) is 8. The van der Waals surface area contributed by atoms with E-state index < -0.39 is 35.8 Å². The van der Waals surface area contributed by atoms with Gasteiger partial charge in [-0.15, -0.1) is 0 Å². The molecule has 1 aliphatic heterocycles. The molecule has 1 aromatic rings. The molecule has 0 spiro atoms. The summed E-state index contributed by atoms with van der Waals surface area (Å²) in [7, 11) is 1.55. The Balaban J connectivity index is 1.97. The maximum Gasteiger partial charge on any atom is 0.407 e. The van der Waals surface area contributed by atoms with Crippen LogP contribution in [0.3, 0.4) is 0 Å². The van der Waals surface area contributed by atoms with Crippen LogP contribution in [0, 0.1) is 5.92 Å². The molecular formula is C20H31N5O7. The van der Waals surface area contributed by atoms with Gasteiger partial charge in [-0.1, -0.05) is 13.8 Å². The van der Waals surface area contributed by atoms with E-state index in [4.69, 9.17) is 14.2 Å². The number of nitrogens with zero attached hydrogens (tertiary/aromatic N) is 2. The van der Waals surface area contributed by atoms with Crippen LogP contribution in [0.2, 0.25) is 0 Å². The van der Waals surface area contributed by atoms with Crippen molar-refractivity contribution in [1.82, 2.24) is 25.5 Å². The smallest absolute Gasteiger partial charge is 0.407 e. The molecule has 0 bridgehead atoms. The van der Waals surface area contributed by atoms with Crippen molar-refractivity contribution in [2.75, 3.05) is 40.1 Å². The fraction of sp³-hybridized carbons (Fsp3) is 0.650. The number of carbonyl (C=O) groups excluding carboxylic acids is 4. The first-order valence-electron chi connectivity index (χ1n) is 10.5. The number of alkyl carbamates (subject to hydrolysis) is 1. The highest BCUT2D eigenvalue weighted by Crippen LogP contribution is 2.08. The van der Waals surface area contributed by atoms with E-state index in [1.807, 2.05) is 4.57 Å². The van der Waals surface area contributed by atoms with Crippen molar-refractivity contribution in [2.45, 2.75) is 38.9 Å². The molecule has 0 saturated carbocycles. The van der Waals surface area contributed by atoms with Crippen LogP contribution >= 0.6 is 0 Å². The van der Waals surface area contributed by atoms with Crippen molar-refractivity contribution in [3.05, 3.63) is 18.2 Å². The third-order valence-corrected chi connectivity index (χ3v) is 4.80. The van der Waals surface area contributed by atoms with Crippen LogP contribution in [0.4, 0.5) is 4.79 Å². The zero-order valence-corrected chi connectivity index (χ0v) is 18.6. The minimum absolute atomic E-state index is 0.00588. The molecule has 3 amide bonds. The number of Topliss-reactive ketones (excluding diaryl/α,β-unsaturated/α-hetero) is 1. The predicted molar refractivity (Wildman–Crippen MR) is 112 cm³/mol. The van der Waals surface area contributed by atoms with Crippen LogP contribution < -0.4 is 16.0 Å². The van der Waals surface area contributed by atoms with Gasteiger partial charge in [-0.25, -0.2) is 9.78 Å². The summed E-state index contributed by atoms with van der Waals surface area (Å²) in [4.78, 5) is 53.9. The van der Waals surface area contributed by atoms with Crippen LogP contribution in [-0.4, -0.2) is 85.4 Å². The molecule has 32 heavy (non-hydrogen) atoms. The summed E-state index contributed by atoms with van der Waals surface area (Å²) in [6.07, 6.45) is 2.60. The van der Waals surface area contributed by atoms with E-state index in [-0.39, 0.29) is 32.1 Å². The topological polar surface area (TPSA) is 150 Å². The van der Waals surface area contributed by atoms with E-state index in [1.165, 1.54) is 0 Å². The summed E-state index contributed by atoms with van der Waals surface area (Å²) < 4.78 is 16.9. The van der Waals surface area contributed by atoms with Crippen LogP contribution in [0.25, 0.3) is 0 Å². The van der Waals surface area contributed by atoms with Gasteiger partial charge in [-0.2, -0.15) is 0 Å². The molecule has 12 heteroatoms. The van der Waals surface area contributed by atoms with Gasteiger partial charge in [0, 0.05) is 39.0 Å². The summed E-state index contributed by atoms with van der Waals surface area (Å²) in [6, 6.07) is -2.09. The lowest BCUT2D eigenvalue weighted by molar-refractivity contribution is -0.140. The van der Waals surface area contributed by atoms with Crippen molar-refractivity contribution >= 4 is 23.7 Å². The normalized spacial score (nSPS) is 17.4. The highest BCUT2D eigenvalue weighted by Gasteiger charge is 2.33. The van der Waals surface area contributed by atoms with Gasteiger partial charge in [0.25, 0.3) is 5.91 Å². The quantitative estimate of drug-likeness (QED) is 0.302. The Bertz CT molecular complexity index is 795. The van der Waals surface area contributed by atoms with E-state index in [9.17, 15) is 19.2 Å². The molecule has 2 atom stereocenters. The molecule has 0 saturated heterocycles. The Morgan fingerprint density at radius 3 is 2.72 bits per heavy atom. The molecule has 0 fully saturated rings. The molecule has 0 aliphatic carbocycles. The number of methoxy groups -OCH3 is 1. The number of hydrogen-bond donors (Lipinski definition) is 3. The SMILES string of the molecule is COCCOCCOC(=O)NC(C(=O)NC1Cc2nccn2CCNC(=O)C1=O)C(C)C. The van der Waals surface area contributed by atoms with Gasteiger partial charge in [0.2, 0.25) is 11.7 Å². The highest BCUT2D eigenvalue weighted by molar-refractivity contribution is 6.38. The first kappa shape index (κ1) is 25.3. The van der Waals surface area contributed by atoms with Crippen molar-refractivity contribution in [3.8, 4) is 0 Å². The number of aromatic nitrogens is 2. The zero-order chi connectivity index (χ0) is 23.5. The Kier molecular flexibility index (Phi) is 10.1. The highest BCUT2D eigenvalue weighted by atomic mass is 16.6. The second kappa shape index (κ2) is 12.8. The van der Waals surface area contributed by atoms with Gasteiger partial charge in [0.05, 0.1) is 19.8 Å². The summed E-state index contributed by atoms with van der Waals surface area (Å²) in [5.41, 5.74) is 0. The second-order valence-electron chi connectivity index (χ2n) is 7.53. The van der Waals surface area contributed by atoms with E-state index in [1.54, 1.807) is 33.4 Å². The molecule has 1 aliphatic rings. The average Bonchev–Trinajstić information content (AvgIpc) is 3.20. The van der Waals surface area contributed by atoms with Gasteiger partial charge in [0.1, 0.15) is 24.5 Å². The third kappa shape index (κ3) is 7.61. The Hall–Kier alpha value is -2.99. The minimum atomic E-state index is -1.12. The first-order chi connectivity index (χ1) is 15.3. The van der Waals surface area contributed by atoms with Crippen LogP contribution in [0.5, 0.6) is 0 Å². The van der Waals surface area contributed by atoms with E-state index in [0.29, 0.717) is 25.6 Å². The lowest BCUT2D eigenvalue weighted by Crippen LogP contribution is -2.56. The van der Waals surface area contributed by atoms with Crippen molar-refractivity contribution in [2.24, 2.45) is 5.92 Å². The van der Waals surface area contributed by atoms with E-state index >= 15 is 0 Å². The standard InChI is InChI=1S/C20H31N5O7/c1-13(2)16(24-20(29)32-11-10-31-9-8-30-3)18(27)23-14-12-15-21-4-6-25(15)7-5-22-19(28)17(14)26/h4,6,13-14,16H,5,7-12H2,1-3H3,(H,22,28)(H,23,27)(H,24,29). The number of carbonyl (C=O) groups is 4. The largest absolute Gasteiger partial charge is 0.447 e. The Labute approximate surface area is 186 Å². The number of nitrogens with one attached hydrogen (secondary N) is 3. The maximum absolute atomic E-state index is 12.9. The van der Waals surface area contributed by atoms with Crippen LogP contribution in [0.1, 0.15) is 19.7 Å². The number of ketones is 1. The van der Waals surface area contributed by atoms with E-state index in [0.717, 1.165) is 0 Å². The third-order valence-electron chi connectivity index (χ3n) is 4.80. The molecular weight excluding hydrogens is 422 g/mol. The van der Waals surface area contributed by atoms with Crippen LogP contribution in [0.15, 0.2) is 12.4 Å². The number of rotatable bonds is 10. The minimum Gasteiger partial charge on any atom is -0.447 e. The molecule has 2 heterocycles. The van der Waals surface area contributed by atoms with Crippen LogP contribution in [-0.2, 0) is 41.6 Å². The Morgan fingerprint density at radius 2 is 2.00 bits per heavy atom. The summed E-state index contributed by atoms with van der Waals surface area (Å²) in [5.74, 6) is -1.88. The first-order valence-corrected chi connectivity index (χ1v) is 10.5. The average molecular weight is 453 g/mol.